The highest BCUT2D eigenvalue weighted by molar-refractivity contribution is 7.09. The summed E-state index contributed by atoms with van der Waals surface area (Å²) in [7, 11) is 1.65. The molecular weight excluding hydrogens is 288 g/mol. The molecule has 0 spiro atoms. The van der Waals surface area contributed by atoms with Gasteiger partial charge in [0, 0.05) is 18.5 Å². The lowest BCUT2D eigenvalue weighted by Gasteiger charge is -2.25. The fourth-order valence-corrected chi connectivity index (χ4v) is 3.05. The average molecular weight is 312 g/mol. The summed E-state index contributed by atoms with van der Waals surface area (Å²) in [5, 5.41) is 5.32. The van der Waals surface area contributed by atoms with Crippen LogP contribution in [0.4, 0.5) is 0 Å². The number of hydrogen-bond acceptors (Lipinski definition) is 5. The van der Waals surface area contributed by atoms with E-state index in [1.54, 1.807) is 18.4 Å². The summed E-state index contributed by atoms with van der Waals surface area (Å²) in [5.74, 6) is 0.0407. The minimum atomic E-state index is 0.0407. The topological polar surface area (TPSA) is 50.8 Å². The van der Waals surface area contributed by atoms with Gasteiger partial charge in [0.15, 0.2) is 0 Å². The number of methoxy groups -OCH3 is 1. The highest BCUT2D eigenvalue weighted by Crippen LogP contribution is 2.13. The lowest BCUT2D eigenvalue weighted by Crippen LogP contribution is -2.38. The highest BCUT2D eigenvalue weighted by Gasteiger charge is 2.18. The summed E-state index contributed by atoms with van der Waals surface area (Å²) in [4.78, 5) is 15.4. The van der Waals surface area contributed by atoms with E-state index < -0.39 is 0 Å². The summed E-state index contributed by atoms with van der Waals surface area (Å²) in [6.45, 7) is 3.89. The minimum Gasteiger partial charge on any atom is -0.383 e. The predicted octanol–water partition coefficient (Wildman–Crippen LogP) is 1.49. The quantitative estimate of drug-likeness (QED) is 0.790. The molecule has 0 saturated carbocycles. The third-order valence-corrected chi connectivity index (χ3v) is 4.43. The van der Waals surface area contributed by atoms with Gasteiger partial charge in [0.2, 0.25) is 5.91 Å². The Morgan fingerprint density at radius 1 is 1.48 bits per heavy atom. The normalized spacial score (nSPS) is 16.0. The van der Waals surface area contributed by atoms with Crippen LogP contribution in [0.2, 0.25) is 0 Å². The van der Waals surface area contributed by atoms with E-state index in [9.17, 15) is 4.79 Å². The fourth-order valence-electron chi connectivity index (χ4n) is 2.33. The number of carbonyl (C=O) groups is 1. The molecule has 2 heterocycles. The summed E-state index contributed by atoms with van der Waals surface area (Å²) >= 11 is 1.66. The molecule has 118 valence electrons. The van der Waals surface area contributed by atoms with Gasteiger partial charge in [-0.2, -0.15) is 0 Å². The molecule has 1 fully saturated rings. The molecule has 0 unspecified atom stereocenters. The molecule has 1 N–H and O–H groups in total. The van der Waals surface area contributed by atoms with Crippen molar-refractivity contribution in [3.8, 4) is 0 Å². The molecule has 0 aliphatic carbocycles. The number of ether oxygens (including phenoxy) is 2. The second-order valence-corrected chi connectivity index (χ2v) is 6.18. The number of amides is 1. The molecule has 0 atom stereocenters. The number of rotatable bonds is 8. The molecule has 1 amide bonds. The van der Waals surface area contributed by atoms with Crippen LogP contribution in [0, 0.1) is 0 Å². The van der Waals surface area contributed by atoms with Gasteiger partial charge in [0.25, 0.3) is 0 Å². The zero-order valence-corrected chi connectivity index (χ0v) is 13.4. The number of thiophene rings is 1. The van der Waals surface area contributed by atoms with Crippen LogP contribution in [0.3, 0.4) is 0 Å². The molecule has 1 aliphatic rings. The maximum absolute atomic E-state index is 12.4. The summed E-state index contributed by atoms with van der Waals surface area (Å²) < 4.78 is 10.9. The zero-order valence-electron chi connectivity index (χ0n) is 12.5. The van der Waals surface area contributed by atoms with Crippen LogP contribution in [0.15, 0.2) is 17.5 Å². The van der Waals surface area contributed by atoms with E-state index in [0.717, 1.165) is 25.9 Å². The molecule has 0 aromatic carbocycles. The predicted molar refractivity (Wildman–Crippen MR) is 83.5 cm³/mol. The molecule has 6 heteroatoms. The van der Waals surface area contributed by atoms with Crippen LogP contribution in [-0.4, -0.2) is 56.9 Å². The SMILES string of the molecule is COCCN(Cc1cccs1)C(=O)COC1CCNCC1. The molecule has 1 aromatic heterocycles. The van der Waals surface area contributed by atoms with Crippen molar-refractivity contribution in [1.82, 2.24) is 10.2 Å². The Balaban J connectivity index is 1.81. The van der Waals surface area contributed by atoms with Crippen molar-refractivity contribution in [2.45, 2.75) is 25.5 Å². The van der Waals surface area contributed by atoms with Crippen LogP contribution in [-0.2, 0) is 20.8 Å². The van der Waals surface area contributed by atoms with E-state index in [-0.39, 0.29) is 18.6 Å². The van der Waals surface area contributed by atoms with Crippen molar-refractivity contribution < 1.29 is 14.3 Å². The lowest BCUT2D eigenvalue weighted by molar-refractivity contribution is -0.140. The van der Waals surface area contributed by atoms with E-state index in [2.05, 4.69) is 5.32 Å². The minimum absolute atomic E-state index is 0.0407. The second-order valence-electron chi connectivity index (χ2n) is 5.15. The molecular formula is C15H24N2O3S. The Bertz CT molecular complexity index is 405. The van der Waals surface area contributed by atoms with Gasteiger partial charge < -0.3 is 19.7 Å². The first-order valence-corrected chi connectivity index (χ1v) is 8.29. The zero-order chi connectivity index (χ0) is 14.9. The van der Waals surface area contributed by atoms with E-state index in [4.69, 9.17) is 9.47 Å². The van der Waals surface area contributed by atoms with Crippen molar-refractivity contribution in [1.29, 1.82) is 0 Å². The largest absolute Gasteiger partial charge is 0.383 e. The second kappa shape index (κ2) is 9.15. The maximum atomic E-state index is 12.4. The molecule has 1 aromatic rings. The van der Waals surface area contributed by atoms with Crippen LogP contribution in [0.25, 0.3) is 0 Å². The first-order valence-electron chi connectivity index (χ1n) is 7.41. The number of nitrogens with one attached hydrogen (secondary N) is 1. The smallest absolute Gasteiger partial charge is 0.248 e. The van der Waals surface area contributed by atoms with Crippen LogP contribution in [0.1, 0.15) is 17.7 Å². The van der Waals surface area contributed by atoms with Gasteiger partial charge in [-0.15, -0.1) is 11.3 Å². The van der Waals surface area contributed by atoms with Crippen LogP contribution >= 0.6 is 11.3 Å². The molecule has 0 radical (unpaired) electrons. The Kier molecular flexibility index (Phi) is 7.15. The molecule has 1 aliphatic heterocycles. The Labute approximate surface area is 130 Å². The van der Waals surface area contributed by atoms with E-state index in [1.807, 2.05) is 22.4 Å². The molecule has 0 bridgehead atoms. The van der Waals surface area contributed by atoms with Crippen molar-refractivity contribution in [3.05, 3.63) is 22.4 Å². The van der Waals surface area contributed by atoms with Crippen molar-refractivity contribution in [2.75, 3.05) is 40.0 Å². The Morgan fingerprint density at radius 2 is 2.29 bits per heavy atom. The number of nitrogens with zero attached hydrogens (tertiary/aromatic N) is 1. The highest BCUT2D eigenvalue weighted by atomic mass is 32.1. The molecule has 1 saturated heterocycles. The Hall–Kier alpha value is -0.950. The third-order valence-electron chi connectivity index (χ3n) is 3.57. The molecule has 2 rings (SSSR count). The van der Waals surface area contributed by atoms with Gasteiger partial charge in [0.05, 0.1) is 19.3 Å². The van der Waals surface area contributed by atoms with Crippen LogP contribution < -0.4 is 5.32 Å². The summed E-state index contributed by atoms with van der Waals surface area (Å²) in [6.07, 6.45) is 2.17. The van der Waals surface area contributed by atoms with Gasteiger partial charge in [-0.25, -0.2) is 0 Å². The summed E-state index contributed by atoms with van der Waals surface area (Å²) in [5.41, 5.74) is 0. The monoisotopic (exact) mass is 312 g/mol. The van der Waals surface area contributed by atoms with Crippen LogP contribution in [0.5, 0.6) is 0 Å². The first kappa shape index (κ1) is 16.4. The standard InChI is InChI=1S/C15H24N2O3S/c1-19-9-8-17(11-14-3-2-10-21-14)15(18)12-20-13-4-6-16-7-5-13/h2-3,10,13,16H,4-9,11-12H2,1H3. The van der Waals surface area contributed by atoms with Gasteiger partial charge in [0.1, 0.15) is 6.61 Å². The number of piperidine rings is 1. The maximum Gasteiger partial charge on any atom is 0.248 e. The summed E-state index contributed by atoms with van der Waals surface area (Å²) in [6, 6.07) is 4.05. The molecule has 5 nitrogen and oxygen atoms in total. The van der Waals surface area contributed by atoms with Crippen molar-refractivity contribution >= 4 is 17.2 Å². The number of carbonyl (C=O) groups excluding carboxylic acids is 1. The first-order chi connectivity index (χ1) is 10.3. The average Bonchev–Trinajstić information content (AvgIpc) is 3.03. The van der Waals surface area contributed by atoms with Crippen molar-refractivity contribution in [2.24, 2.45) is 0 Å². The third kappa shape index (κ3) is 5.74. The Morgan fingerprint density at radius 3 is 2.95 bits per heavy atom. The van der Waals surface area contributed by atoms with E-state index in [0.29, 0.717) is 19.7 Å². The van der Waals surface area contributed by atoms with Gasteiger partial charge in [-0.3, -0.25) is 4.79 Å². The van der Waals surface area contributed by atoms with Gasteiger partial charge >= 0.3 is 0 Å². The molecule has 21 heavy (non-hydrogen) atoms. The van der Waals surface area contributed by atoms with Gasteiger partial charge in [-0.1, -0.05) is 6.07 Å². The van der Waals surface area contributed by atoms with E-state index in [1.165, 1.54) is 4.88 Å². The van der Waals surface area contributed by atoms with Gasteiger partial charge in [-0.05, 0) is 37.4 Å². The van der Waals surface area contributed by atoms with Crippen molar-refractivity contribution in [3.63, 3.8) is 0 Å². The van der Waals surface area contributed by atoms with E-state index >= 15 is 0 Å². The number of hydrogen-bond donors (Lipinski definition) is 1. The lowest BCUT2D eigenvalue weighted by atomic mass is 10.1. The fraction of sp³-hybridized carbons (Fsp3) is 0.667.